The van der Waals surface area contributed by atoms with Gasteiger partial charge in [0.2, 0.25) is 0 Å². The summed E-state index contributed by atoms with van der Waals surface area (Å²) in [5, 5.41) is 52.4. The van der Waals surface area contributed by atoms with Gasteiger partial charge in [0.05, 0.1) is 11.7 Å². The SMILES string of the molecule is CC(C)C(O)(O)C(N(C)C)C1(c2c(O)c(N)c(Cl)c(O)c2O)CCC1. The molecule has 0 aliphatic heterocycles. The maximum atomic E-state index is 10.8. The maximum absolute atomic E-state index is 10.8. The third-order valence-corrected chi connectivity index (χ3v) is 5.82. The van der Waals surface area contributed by atoms with E-state index >= 15 is 0 Å². The average Bonchev–Trinajstić information content (AvgIpc) is 2.47. The number of nitrogens with zero attached hydrogens (tertiary/aromatic N) is 1. The highest BCUT2D eigenvalue weighted by atomic mass is 35.5. The van der Waals surface area contributed by atoms with Gasteiger partial charge < -0.3 is 36.2 Å². The summed E-state index contributed by atoms with van der Waals surface area (Å²) in [5.74, 6) is -4.26. The molecule has 1 aliphatic carbocycles. The molecule has 1 atom stereocenters. The van der Waals surface area contributed by atoms with Crippen molar-refractivity contribution in [2.24, 2.45) is 5.92 Å². The number of phenolic OH excluding ortho intramolecular Hbond substituents is 3. The Kier molecular flexibility index (Phi) is 5.09. The zero-order valence-corrected chi connectivity index (χ0v) is 15.7. The van der Waals surface area contributed by atoms with Crippen LogP contribution in [0.2, 0.25) is 5.02 Å². The topological polar surface area (TPSA) is 130 Å². The molecule has 0 amide bonds. The molecule has 0 bridgehead atoms. The molecule has 1 unspecified atom stereocenters. The van der Waals surface area contributed by atoms with Crippen LogP contribution < -0.4 is 5.73 Å². The molecule has 1 aromatic carbocycles. The predicted octanol–water partition coefficient (Wildman–Crippen LogP) is 1.73. The molecule has 0 saturated heterocycles. The minimum Gasteiger partial charge on any atom is -0.505 e. The molecule has 25 heavy (non-hydrogen) atoms. The van der Waals surface area contributed by atoms with Gasteiger partial charge in [-0.15, -0.1) is 0 Å². The van der Waals surface area contributed by atoms with Gasteiger partial charge in [0.15, 0.2) is 17.3 Å². The van der Waals surface area contributed by atoms with Crippen LogP contribution in [0.25, 0.3) is 0 Å². The van der Waals surface area contributed by atoms with Crippen molar-refractivity contribution >= 4 is 17.3 Å². The van der Waals surface area contributed by atoms with E-state index < -0.39 is 40.4 Å². The van der Waals surface area contributed by atoms with Crippen LogP contribution in [0.15, 0.2) is 0 Å². The highest BCUT2D eigenvalue weighted by Crippen LogP contribution is 2.60. The highest BCUT2D eigenvalue weighted by Gasteiger charge is 2.58. The van der Waals surface area contributed by atoms with Crippen molar-refractivity contribution in [1.82, 2.24) is 4.90 Å². The van der Waals surface area contributed by atoms with Crippen molar-refractivity contribution in [3.8, 4) is 17.2 Å². The van der Waals surface area contributed by atoms with Crippen LogP contribution in [0.4, 0.5) is 5.69 Å². The molecule has 0 radical (unpaired) electrons. The van der Waals surface area contributed by atoms with E-state index in [4.69, 9.17) is 17.3 Å². The number of hydrogen-bond donors (Lipinski definition) is 6. The zero-order chi connectivity index (χ0) is 19.3. The number of rotatable bonds is 5. The van der Waals surface area contributed by atoms with E-state index in [0.29, 0.717) is 12.8 Å². The van der Waals surface area contributed by atoms with Gasteiger partial charge in [-0.05, 0) is 26.9 Å². The minimum absolute atomic E-state index is 0.00461. The minimum atomic E-state index is -2.10. The molecule has 0 aromatic heterocycles. The molecule has 0 heterocycles. The molecule has 7 nitrogen and oxygen atoms in total. The Morgan fingerprint density at radius 1 is 1.08 bits per heavy atom. The van der Waals surface area contributed by atoms with Crippen LogP contribution >= 0.6 is 11.6 Å². The monoisotopic (exact) mass is 374 g/mol. The molecule has 0 spiro atoms. The van der Waals surface area contributed by atoms with E-state index in [1.165, 1.54) is 0 Å². The number of aliphatic hydroxyl groups is 2. The molecule has 8 heteroatoms. The second kappa shape index (κ2) is 6.39. The van der Waals surface area contributed by atoms with E-state index in [0.717, 1.165) is 6.42 Å². The van der Waals surface area contributed by atoms with Crippen molar-refractivity contribution in [1.29, 1.82) is 0 Å². The number of nitrogen functional groups attached to an aromatic ring is 1. The fraction of sp³-hybridized carbons (Fsp3) is 0.647. The summed E-state index contributed by atoms with van der Waals surface area (Å²) in [7, 11) is 3.39. The standard InChI is InChI=1S/C17H27ClN2O5/c1-8(2)17(24,25)15(20(3)4)16(6-5-7-16)9-12(21)11(19)10(18)14(23)13(9)22/h8,15,21-25H,5-7,19H2,1-4H3. The summed E-state index contributed by atoms with van der Waals surface area (Å²) in [6.45, 7) is 3.35. The largest absolute Gasteiger partial charge is 0.505 e. The van der Waals surface area contributed by atoms with Gasteiger partial charge in [0.25, 0.3) is 0 Å². The summed E-state index contributed by atoms with van der Waals surface area (Å²) >= 11 is 5.85. The summed E-state index contributed by atoms with van der Waals surface area (Å²) in [4.78, 5) is 1.65. The molecule has 142 valence electrons. The predicted molar refractivity (Wildman–Crippen MR) is 95.9 cm³/mol. The Hall–Kier alpha value is -1.41. The first-order valence-electron chi connectivity index (χ1n) is 8.23. The van der Waals surface area contributed by atoms with Gasteiger partial charge >= 0.3 is 0 Å². The Labute approximate surface area is 152 Å². The average molecular weight is 375 g/mol. The molecule has 1 aromatic rings. The van der Waals surface area contributed by atoms with E-state index in [1.54, 1.807) is 32.8 Å². The molecular weight excluding hydrogens is 348 g/mol. The van der Waals surface area contributed by atoms with Crippen LogP contribution in [0.3, 0.4) is 0 Å². The number of aromatic hydroxyl groups is 3. The maximum Gasteiger partial charge on any atom is 0.181 e. The number of nitrogens with two attached hydrogens (primary N) is 1. The van der Waals surface area contributed by atoms with Gasteiger partial charge in [0, 0.05) is 16.9 Å². The van der Waals surface area contributed by atoms with E-state index in [9.17, 15) is 25.5 Å². The van der Waals surface area contributed by atoms with Crippen LogP contribution in [0.1, 0.15) is 38.7 Å². The van der Waals surface area contributed by atoms with Crippen LogP contribution in [0, 0.1) is 5.92 Å². The quantitative estimate of drug-likeness (QED) is 0.200. The van der Waals surface area contributed by atoms with Crippen molar-refractivity contribution in [2.45, 2.75) is 50.4 Å². The number of anilines is 1. The first-order chi connectivity index (χ1) is 11.4. The van der Waals surface area contributed by atoms with Crippen molar-refractivity contribution < 1.29 is 25.5 Å². The fourth-order valence-corrected chi connectivity index (χ4v) is 4.17. The lowest BCUT2D eigenvalue weighted by Gasteiger charge is -2.55. The van der Waals surface area contributed by atoms with Crippen LogP contribution in [-0.4, -0.2) is 56.4 Å². The van der Waals surface area contributed by atoms with Crippen LogP contribution in [0.5, 0.6) is 17.2 Å². The first kappa shape index (κ1) is 19.9. The van der Waals surface area contributed by atoms with Gasteiger partial charge in [-0.25, -0.2) is 0 Å². The summed E-state index contributed by atoms with van der Waals surface area (Å²) in [5.41, 5.74) is 4.54. The Morgan fingerprint density at radius 2 is 1.60 bits per heavy atom. The molecule has 1 fully saturated rings. The van der Waals surface area contributed by atoms with Gasteiger partial charge in [0.1, 0.15) is 10.8 Å². The zero-order valence-electron chi connectivity index (χ0n) is 14.9. The lowest BCUT2D eigenvalue weighted by Crippen LogP contribution is -2.65. The lowest BCUT2D eigenvalue weighted by molar-refractivity contribution is -0.250. The molecule has 2 rings (SSSR count). The van der Waals surface area contributed by atoms with Crippen molar-refractivity contribution in [3.05, 3.63) is 10.6 Å². The third kappa shape index (κ3) is 2.79. The number of hydrogen-bond acceptors (Lipinski definition) is 7. The van der Waals surface area contributed by atoms with Gasteiger partial charge in [-0.1, -0.05) is 31.9 Å². The summed E-state index contributed by atoms with van der Waals surface area (Å²) < 4.78 is 0. The van der Waals surface area contributed by atoms with E-state index in [-0.39, 0.29) is 16.3 Å². The number of phenols is 3. The van der Waals surface area contributed by atoms with Gasteiger partial charge in [-0.3, -0.25) is 0 Å². The van der Waals surface area contributed by atoms with Crippen molar-refractivity contribution in [3.63, 3.8) is 0 Å². The Balaban J connectivity index is 2.78. The molecule has 1 saturated carbocycles. The number of benzene rings is 1. The number of likely N-dealkylation sites (N-methyl/N-ethyl adjacent to an activating group) is 1. The van der Waals surface area contributed by atoms with Crippen molar-refractivity contribution in [2.75, 3.05) is 19.8 Å². The van der Waals surface area contributed by atoms with E-state index in [2.05, 4.69) is 0 Å². The Bertz CT molecular complexity index is 642. The second-order valence-electron chi connectivity index (χ2n) is 7.46. The summed E-state index contributed by atoms with van der Waals surface area (Å²) in [6, 6.07) is -0.856. The molecular formula is C17H27ClN2O5. The second-order valence-corrected chi connectivity index (χ2v) is 7.84. The third-order valence-electron chi connectivity index (χ3n) is 5.43. The number of halogens is 1. The normalized spacial score (nSPS) is 18.4. The smallest absolute Gasteiger partial charge is 0.181 e. The van der Waals surface area contributed by atoms with Gasteiger partial charge in [-0.2, -0.15) is 0 Å². The lowest BCUT2D eigenvalue weighted by atomic mass is 9.56. The first-order valence-corrected chi connectivity index (χ1v) is 8.60. The Morgan fingerprint density at radius 3 is 1.96 bits per heavy atom. The fourth-order valence-electron chi connectivity index (χ4n) is 3.99. The van der Waals surface area contributed by atoms with Crippen LogP contribution in [-0.2, 0) is 5.41 Å². The molecule has 7 N–H and O–H groups in total. The highest BCUT2D eigenvalue weighted by molar-refractivity contribution is 6.35. The van der Waals surface area contributed by atoms with E-state index in [1.807, 2.05) is 0 Å². The summed E-state index contributed by atoms with van der Waals surface area (Å²) in [6.07, 6.45) is 1.72. The molecule has 1 aliphatic rings.